The van der Waals surface area contributed by atoms with E-state index in [9.17, 15) is 4.79 Å². The van der Waals surface area contributed by atoms with Gasteiger partial charge in [0, 0.05) is 18.1 Å². The molecule has 5 heteroatoms. The maximum atomic E-state index is 12.1. The molecule has 2 aromatic carbocycles. The molecule has 0 spiro atoms. The molecule has 2 aromatic rings. The van der Waals surface area contributed by atoms with Crippen molar-refractivity contribution in [3.63, 3.8) is 0 Å². The van der Waals surface area contributed by atoms with Crippen molar-refractivity contribution in [2.24, 2.45) is 0 Å². The van der Waals surface area contributed by atoms with Crippen LogP contribution in [0.25, 0.3) is 6.08 Å². The summed E-state index contributed by atoms with van der Waals surface area (Å²) in [7, 11) is 3.35. The summed E-state index contributed by atoms with van der Waals surface area (Å²) >= 11 is 5.90. The summed E-state index contributed by atoms with van der Waals surface area (Å²) in [5.74, 6) is 1.36. The molecule has 0 saturated carbocycles. The highest BCUT2D eigenvalue weighted by atomic mass is 35.5. The van der Waals surface area contributed by atoms with Gasteiger partial charge in [0.2, 0.25) is 5.91 Å². The fourth-order valence-corrected chi connectivity index (χ4v) is 2.19. The van der Waals surface area contributed by atoms with Gasteiger partial charge in [-0.05, 0) is 42.0 Å². The number of likely N-dealkylation sites (N-methyl/N-ethyl adjacent to an activating group) is 1. The van der Waals surface area contributed by atoms with Crippen molar-refractivity contribution in [2.45, 2.75) is 0 Å². The van der Waals surface area contributed by atoms with Crippen LogP contribution in [0, 0.1) is 0 Å². The molecule has 0 aliphatic carbocycles. The highest BCUT2D eigenvalue weighted by Crippen LogP contribution is 2.17. The Kier molecular flexibility index (Phi) is 6.70. The first kappa shape index (κ1) is 17.9. The van der Waals surface area contributed by atoms with Gasteiger partial charge in [0.1, 0.15) is 18.1 Å². The maximum Gasteiger partial charge on any atom is 0.246 e. The second-order valence-corrected chi connectivity index (χ2v) is 5.61. The Morgan fingerprint density at radius 2 is 1.92 bits per heavy atom. The highest BCUT2D eigenvalue weighted by Gasteiger charge is 2.05. The Morgan fingerprint density at radius 3 is 2.67 bits per heavy atom. The molecule has 0 atom stereocenters. The van der Waals surface area contributed by atoms with E-state index in [4.69, 9.17) is 21.1 Å². The third-order valence-corrected chi connectivity index (χ3v) is 3.61. The number of carbonyl (C=O) groups is 1. The Balaban J connectivity index is 1.82. The van der Waals surface area contributed by atoms with Gasteiger partial charge in [-0.3, -0.25) is 4.79 Å². The van der Waals surface area contributed by atoms with Gasteiger partial charge in [0.15, 0.2) is 0 Å². The molecule has 1 amide bonds. The second kappa shape index (κ2) is 8.99. The molecule has 24 heavy (non-hydrogen) atoms. The van der Waals surface area contributed by atoms with Crippen LogP contribution >= 0.6 is 11.6 Å². The van der Waals surface area contributed by atoms with Gasteiger partial charge in [0.25, 0.3) is 0 Å². The SMILES string of the molecule is COc1cccc(/C=C/C(=O)N(C)CCOc2cccc(Cl)c2)c1. The van der Waals surface area contributed by atoms with Crippen LogP contribution in [0.5, 0.6) is 11.5 Å². The lowest BCUT2D eigenvalue weighted by Gasteiger charge is -2.15. The summed E-state index contributed by atoms with van der Waals surface area (Å²) in [5.41, 5.74) is 0.909. The molecule has 0 saturated heterocycles. The van der Waals surface area contributed by atoms with Gasteiger partial charge >= 0.3 is 0 Å². The van der Waals surface area contributed by atoms with Crippen molar-refractivity contribution >= 4 is 23.6 Å². The van der Waals surface area contributed by atoms with Crippen molar-refractivity contribution in [3.05, 3.63) is 65.2 Å². The summed E-state index contributed by atoms with van der Waals surface area (Å²) in [4.78, 5) is 13.7. The minimum Gasteiger partial charge on any atom is -0.497 e. The van der Waals surface area contributed by atoms with E-state index in [2.05, 4.69) is 0 Å². The number of rotatable bonds is 7. The Labute approximate surface area is 147 Å². The van der Waals surface area contributed by atoms with Crippen molar-refractivity contribution in [1.82, 2.24) is 4.90 Å². The molecule has 0 aliphatic rings. The van der Waals surface area contributed by atoms with Gasteiger partial charge in [-0.2, -0.15) is 0 Å². The molecular formula is C19H20ClNO3. The summed E-state index contributed by atoms with van der Waals surface area (Å²) < 4.78 is 10.7. The topological polar surface area (TPSA) is 38.8 Å². The number of amides is 1. The average Bonchev–Trinajstić information content (AvgIpc) is 2.59. The number of nitrogens with zero attached hydrogens (tertiary/aromatic N) is 1. The van der Waals surface area contributed by atoms with Gasteiger partial charge in [-0.15, -0.1) is 0 Å². The molecule has 0 fully saturated rings. The first-order valence-electron chi connectivity index (χ1n) is 7.54. The highest BCUT2D eigenvalue weighted by molar-refractivity contribution is 6.30. The molecule has 0 aromatic heterocycles. The van der Waals surface area contributed by atoms with Gasteiger partial charge < -0.3 is 14.4 Å². The minimum absolute atomic E-state index is 0.0903. The first-order valence-corrected chi connectivity index (χ1v) is 7.92. The Morgan fingerprint density at radius 1 is 1.17 bits per heavy atom. The van der Waals surface area contributed by atoms with Crippen LogP contribution in [0.15, 0.2) is 54.6 Å². The van der Waals surface area contributed by atoms with E-state index in [1.165, 1.54) is 6.08 Å². The van der Waals surface area contributed by atoms with E-state index in [0.717, 1.165) is 11.3 Å². The smallest absolute Gasteiger partial charge is 0.246 e. The van der Waals surface area contributed by atoms with E-state index >= 15 is 0 Å². The number of benzene rings is 2. The van der Waals surface area contributed by atoms with Gasteiger partial charge in [-0.25, -0.2) is 0 Å². The Bertz CT molecular complexity index is 715. The summed E-state index contributed by atoms with van der Waals surface area (Å²) in [6.07, 6.45) is 3.30. The van der Waals surface area contributed by atoms with E-state index in [-0.39, 0.29) is 5.91 Å². The number of methoxy groups -OCH3 is 1. The molecule has 2 rings (SSSR count). The zero-order valence-electron chi connectivity index (χ0n) is 13.7. The molecular weight excluding hydrogens is 326 g/mol. The van der Waals surface area contributed by atoms with Crippen molar-refractivity contribution in [2.75, 3.05) is 27.3 Å². The van der Waals surface area contributed by atoms with Gasteiger partial charge in [0.05, 0.1) is 13.7 Å². The quantitative estimate of drug-likeness (QED) is 0.714. The fourth-order valence-electron chi connectivity index (χ4n) is 2.01. The fraction of sp³-hybridized carbons (Fsp3) is 0.211. The molecule has 0 aliphatic heterocycles. The number of hydrogen-bond acceptors (Lipinski definition) is 3. The first-order chi connectivity index (χ1) is 11.6. The van der Waals surface area contributed by atoms with Crippen molar-refractivity contribution < 1.29 is 14.3 Å². The van der Waals surface area contributed by atoms with E-state index < -0.39 is 0 Å². The largest absolute Gasteiger partial charge is 0.497 e. The second-order valence-electron chi connectivity index (χ2n) is 5.18. The summed E-state index contributed by atoms with van der Waals surface area (Å²) in [6, 6.07) is 14.7. The zero-order valence-corrected chi connectivity index (χ0v) is 14.5. The van der Waals surface area contributed by atoms with Crippen molar-refractivity contribution in [1.29, 1.82) is 0 Å². The summed E-state index contributed by atoms with van der Waals surface area (Å²) in [6.45, 7) is 0.878. The molecule has 0 radical (unpaired) electrons. The molecule has 4 nitrogen and oxygen atoms in total. The molecule has 0 unspecified atom stereocenters. The number of carbonyl (C=O) groups excluding carboxylic acids is 1. The average molecular weight is 346 g/mol. The molecule has 0 bridgehead atoms. The monoisotopic (exact) mass is 345 g/mol. The van der Waals surface area contributed by atoms with E-state index in [1.54, 1.807) is 37.3 Å². The van der Waals surface area contributed by atoms with Crippen LogP contribution in [-0.4, -0.2) is 38.1 Å². The normalized spacial score (nSPS) is 10.6. The van der Waals surface area contributed by atoms with Crippen molar-refractivity contribution in [3.8, 4) is 11.5 Å². The van der Waals surface area contributed by atoms with E-state index in [0.29, 0.717) is 23.9 Å². The van der Waals surface area contributed by atoms with Crippen LogP contribution in [0.1, 0.15) is 5.56 Å². The number of halogens is 1. The molecule has 0 heterocycles. The Hall–Kier alpha value is -2.46. The number of hydrogen-bond donors (Lipinski definition) is 0. The zero-order chi connectivity index (χ0) is 17.4. The molecule has 0 N–H and O–H groups in total. The van der Waals surface area contributed by atoms with Crippen LogP contribution < -0.4 is 9.47 Å². The minimum atomic E-state index is -0.0903. The predicted octanol–water partition coefficient (Wildman–Crippen LogP) is 3.90. The van der Waals surface area contributed by atoms with Crippen LogP contribution in [0.4, 0.5) is 0 Å². The predicted molar refractivity (Wildman–Crippen MR) is 96.6 cm³/mol. The lowest BCUT2D eigenvalue weighted by atomic mass is 10.2. The lowest BCUT2D eigenvalue weighted by molar-refractivity contribution is -0.125. The summed E-state index contributed by atoms with van der Waals surface area (Å²) in [5, 5.41) is 0.623. The van der Waals surface area contributed by atoms with Crippen LogP contribution in [-0.2, 0) is 4.79 Å². The third kappa shape index (κ3) is 5.63. The maximum absolute atomic E-state index is 12.1. The molecule has 126 valence electrons. The number of ether oxygens (including phenoxy) is 2. The third-order valence-electron chi connectivity index (χ3n) is 3.38. The van der Waals surface area contributed by atoms with Crippen LogP contribution in [0.3, 0.4) is 0 Å². The van der Waals surface area contributed by atoms with Gasteiger partial charge in [-0.1, -0.05) is 29.8 Å². The lowest BCUT2D eigenvalue weighted by Crippen LogP contribution is -2.29. The van der Waals surface area contributed by atoms with E-state index in [1.807, 2.05) is 36.4 Å². The standard InChI is InChI=1S/C19H20ClNO3/c1-21(11-12-24-18-8-4-6-16(20)14-18)19(22)10-9-15-5-3-7-17(13-15)23-2/h3-10,13-14H,11-12H2,1-2H3/b10-9+. The van der Waals surface area contributed by atoms with Crippen LogP contribution in [0.2, 0.25) is 5.02 Å².